The summed E-state index contributed by atoms with van der Waals surface area (Å²) in [6, 6.07) is 54.3. The van der Waals surface area contributed by atoms with Gasteiger partial charge in [0.1, 0.15) is 68.3 Å². The summed E-state index contributed by atoms with van der Waals surface area (Å²) in [5, 5.41) is 38.3. The quantitative estimate of drug-likeness (QED) is 0.0832. The predicted octanol–water partition coefficient (Wildman–Crippen LogP) is -6.60. The Morgan fingerprint density at radius 2 is 0.338 bits per heavy atom. The molecule has 10 rings (SSSR count). The first-order valence-electron chi connectivity index (χ1n) is 21.5. The van der Waals surface area contributed by atoms with Crippen molar-refractivity contribution in [2.75, 3.05) is 0 Å². The number of hydrogen-bond acceptors (Lipinski definition) is 10. The minimum absolute atomic E-state index is 0. The van der Waals surface area contributed by atoms with E-state index < -0.39 is 22.4 Å². The second kappa shape index (κ2) is 28.2. The minimum Gasteiger partial charge on any atom is -1.00 e. The van der Waals surface area contributed by atoms with E-state index in [2.05, 4.69) is 39.9 Å². The molecule has 0 spiro atoms. The molecule has 20 heteroatoms. The van der Waals surface area contributed by atoms with Crippen molar-refractivity contribution in [3.63, 3.8) is 0 Å². The summed E-state index contributed by atoms with van der Waals surface area (Å²) in [4.78, 5) is 45.6. The van der Waals surface area contributed by atoms with Gasteiger partial charge in [-0.1, -0.05) is 60.7 Å². The molecule has 384 valence electrons. The molecule has 14 nitrogen and oxygen atoms in total. The van der Waals surface area contributed by atoms with Gasteiger partial charge in [0.05, 0.1) is 0 Å². The van der Waals surface area contributed by atoms with Crippen LogP contribution in [0, 0.1) is 0 Å². The van der Waals surface area contributed by atoms with Crippen LogP contribution < -0.4 is 67.9 Å². The molecule has 8 N–H and O–H groups in total. The van der Waals surface area contributed by atoms with Crippen molar-refractivity contribution in [1.82, 2.24) is 49.8 Å². The van der Waals surface area contributed by atoms with Gasteiger partial charge in [0.2, 0.25) is 0 Å². The molecule has 0 saturated carbocycles. The minimum atomic E-state index is -1.48. The molecule has 0 saturated heterocycles. The van der Waals surface area contributed by atoms with Gasteiger partial charge in [0.15, 0.2) is 0 Å². The van der Waals surface area contributed by atoms with Crippen LogP contribution in [-0.4, -0.2) is 70.3 Å². The van der Waals surface area contributed by atoms with Crippen LogP contribution in [0.5, 0.6) is 0 Å². The van der Waals surface area contributed by atoms with Gasteiger partial charge < -0.3 is 88.4 Å². The number of aromatic nitrogens is 10. The molecule has 0 amide bonds. The van der Waals surface area contributed by atoms with E-state index >= 15 is 0 Å². The van der Waals surface area contributed by atoms with Crippen LogP contribution in [0.15, 0.2) is 232 Å². The smallest absolute Gasteiger partial charge is 0.293 e. The fourth-order valence-corrected chi connectivity index (χ4v) is 7.96. The Morgan fingerprint density at radius 1 is 0.203 bits per heavy atom. The molecule has 0 aliphatic rings. The van der Waals surface area contributed by atoms with E-state index in [1.807, 2.05) is 109 Å². The van der Waals surface area contributed by atoms with Crippen molar-refractivity contribution in [3.8, 4) is 0 Å². The van der Waals surface area contributed by atoms with E-state index in [0.29, 0.717) is 68.3 Å². The molecule has 0 fully saturated rings. The monoisotopic (exact) mass is 1330 g/mol. The van der Waals surface area contributed by atoms with E-state index in [1.165, 1.54) is 0 Å². The molecule has 0 aromatic carbocycles. The topological polar surface area (TPSA) is 220 Å². The van der Waals surface area contributed by atoms with Crippen LogP contribution in [0.2, 0.25) is 0 Å². The van der Waals surface area contributed by atoms with Gasteiger partial charge in [-0.25, -0.2) is 9.97 Å². The molecule has 10 aromatic heterocycles. The average molecular weight is 1340 g/mol. The van der Waals surface area contributed by atoms with Gasteiger partial charge in [-0.15, -0.1) is 0 Å². The molecule has 0 aliphatic heterocycles. The number of hydrogen-bond donors (Lipinski definition) is 0. The van der Waals surface area contributed by atoms with Crippen molar-refractivity contribution in [3.05, 3.63) is 300 Å². The molecule has 0 aliphatic carbocycles. The van der Waals surface area contributed by atoms with Crippen molar-refractivity contribution < 1.29 is 121 Å². The van der Waals surface area contributed by atoms with Crippen molar-refractivity contribution >= 4 is 0 Å². The van der Waals surface area contributed by atoms with E-state index in [9.17, 15) is 20.4 Å². The third-order valence-electron chi connectivity index (χ3n) is 11.4. The summed E-state index contributed by atoms with van der Waals surface area (Å²) in [7, 11) is 0. The summed E-state index contributed by atoms with van der Waals surface area (Å²) in [5.74, 6) is 0. The van der Waals surface area contributed by atoms with E-state index in [1.54, 1.807) is 122 Å². The standard InChI is InChI=1S/2C27H21N5O2.4BrH.2Ni/c2*33-26(20-10-1-5-16-28-20,21-11-2-6-17-29-21)24-14-9-15-25(32-24)27(34,22-12-3-7-18-30-22)23-13-4-8-19-31-23;;;;;;/h2*1-19,33-34H;4*1H;;. The van der Waals surface area contributed by atoms with Crippen LogP contribution in [0.4, 0.5) is 0 Å². The first kappa shape index (κ1) is 62.5. The Bertz CT molecular complexity index is 2620. The molecule has 0 radical (unpaired) electrons. The van der Waals surface area contributed by atoms with Crippen LogP contribution >= 0.6 is 0 Å². The maximum atomic E-state index is 9.57. The predicted molar refractivity (Wildman–Crippen MR) is 256 cm³/mol. The molecule has 10 heterocycles. The SMILES string of the molecule is [Br-].[Br-].[Br-].[Br-].[Ni].[Ni].[OH2+]C(c1ccccn1)(c1ccccn1)c1cccc(C([OH2+])(c2ccccn2)c2ccccn2)n1.[OH2+]C(c1ccccn1)(c1ccccn1)c1cccc(C([OH2+])(c2ccccn2)c2ccccn2)n1. The summed E-state index contributed by atoms with van der Waals surface area (Å²) in [6.45, 7) is 0. The number of pyridine rings is 10. The Labute approximate surface area is 489 Å². The van der Waals surface area contributed by atoms with Gasteiger partial charge >= 0.3 is 0 Å². The average Bonchev–Trinajstić information content (AvgIpc) is 3.44. The van der Waals surface area contributed by atoms with Gasteiger partial charge in [-0.05, 0) is 121 Å². The Kier molecular flexibility index (Phi) is 23.9. The van der Waals surface area contributed by atoms with Crippen LogP contribution in [-0.2, 0) is 55.4 Å². The van der Waals surface area contributed by atoms with Gasteiger partial charge in [0.25, 0.3) is 22.4 Å². The maximum Gasteiger partial charge on any atom is 0.293 e. The van der Waals surface area contributed by atoms with Gasteiger partial charge in [0, 0.05) is 82.6 Å². The summed E-state index contributed by atoms with van der Waals surface area (Å²) < 4.78 is 0. The third-order valence-corrected chi connectivity index (χ3v) is 11.4. The zero-order valence-electron chi connectivity index (χ0n) is 38.6. The van der Waals surface area contributed by atoms with E-state index in [-0.39, 0.29) is 101 Å². The first-order chi connectivity index (χ1) is 33.3. The summed E-state index contributed by atoms with van der Waals surface area (Å²) in [5.41, 5.74) is -0.358. The third kappa shape index (κ3) is 12.5. The van der Waals surface area contributed by atoms with Crippen LogP contribution in [0.1, 0.15) is 68.3 Å². The maximum absolute atomic E-state index is 9.57. The van der Waals surface area contributed by atoms with Crippen molar-refractivity contribution in [2.45, 2.75) is 22.4 Å². The molecular weight excluding hydrogens is 1290 g/mol. The zero-order chi connectivity index (χ0) is 46.9. The van der Waals surface area contributed by atoms with E-state index in [4.69, 9.17) is 9.97 Å². The molecular formula is C54H46Br4N10Ni2O4. The van der Waals surface area contributed by atoms with Crippen molar-refractivity contribution in [1.29, 1.82) is 0 Å². The number of rotatable bonds is 12. The zero-order valence-corrected chi connectivity index (χ0v) is 46.9. The summed E-state index contributed by atoms with van der Waals surface area (Å²) >= 11 is 0. The second-order valence-electron chi connectivity index (χ2n) is 15.5. The van der Waals surface area contributed by atoms with Gasteiger partial charge in [-0.2, -0.15) is 0 Å². The molecule has 74 heavy (non-hydrogen) atoms. The van der Waals surface area contributed by atoms with Crippen molar-refractivity contribution in [2.24, 2.45) is 0 Å². The second-order valence-corrected chi connectivity index (χ2v) is 15.5. The largest absolute Gasteiger partial charge is 1.00 e. The van der Waals surface area contributed by atoms with Gasteiger partial charge in [-0.3, -0.25) is 39.9 Å². The Morgan fingerprint density at radius 3 is 0.459 bits per heavy atom. The molecule has 10 aromatic rings. The van der Waals surface area contributed by atoms with E-state index in [0.717, 1.165) is 0 Å². The molecule has 0 unspecified atom stereocenters. The Hall–Kier alpha value is -5.75. The van der Waals surface area contributed by atoms with Crippen LogP contribution in [0.3, 0.4) is 0 Å². The Balaban J connectivity index is 0.000000361. The molecule has 0 atom stereocenters. The fourth-order valence-electron chi connectivity index (χ4n) is 7.96. The fraction of sp³-hybridized carbons (Fsp3) is 0.0741. The summed E-state index contributed by atoms with van der Waals surface area (Å²) in [6.07, 6.45) is 13.2. The number of halogens is 4. The normalized spacial score (nSPS) is 10.9. The number of nitrogens with zero attached hydrogens (tertiary/aromatic N) is 10. The molecule has 0 bridgehead atoms. The first-order valence-corrected chi connectivity index (χ1v) is 21.5. The van der Waals surface area contributed by atoms with Crippen LogP contribution in [0.25, 0.3) is 0 Å².